The Hall–Kier alpha value is -2.97. The number of carbonyl (C=O) groups is 1. The number of nitro groups is 1. The van der Waals surface area contributed by atoms with Crippen molar-refractivity contribution in [3.05, 3.63) is 45.5 Å². The number of carbonyl (C=O) groups excluding carboxylic acids is 1. The van der Waals surface area contributed by atoms with Crippen LogP contribution in [-0.4, -0.2) is 37.2 Å². The largest absolute Gasteiger partial charge is 0.322 e. The van der Waals surface area contributed by atoms with E-state index in [0.717, 1.165) is 24.2 Å². The molecule has 0 spiro atoms. The van der Waals surface area contributed by atoms with Crippen molar-refractivity contribution in [3.8, 4) is 0 Å². The minimum atomic E-state index is -0.442. The molecule has 1 fully saturated rings. The normalized spacial score (nSPS) is 16.9. The van der Waals surface area contributed by atoms with Crippen LogP contribution in [0.1, 0.15) is 35.8 Å². The molecule has 3 rings (SSSR count). The lowest BCUT2D eigenvalue weighted by molar-refractivity contribution is -0.385. The first-order valence-electron chi connectivity index (χ1n) is 8.05. The second kappa shape index (κ2) is 6.50. The number of hydrogen-bond donors (Lipinski definition) is 1. The van der Waals surface area contributed by atoms with Gasteiger partial charge in [-0.15, -0.1) is 10.2 Å². The van der Waals surface area contributed by atoms with Gasteiger partial charge in [-0.05, 0) is 38.3 Å². The average molecular weight is 344 g/mol. The number of likely N-dealkylation sites (tertiary alicyclic amines) is 1. The lowest BCUT2D eigenvalue weighted by atomic mass is 10.1. The van der Waals surface area contributed by atoms with Gasteiger partial charge in [-0.25, -0.2) is 4.79 Å². The van der Waals surface area contributed by atoms with Crippen molar-refractivity contribution < 1.29 is 9.72 Å². The molecule has 9 nitrogen and oxygen atoms in total. The lowest BCUT2D eigenvalue weighted by Gasteiger charge is -2.24. The molecule has 2 heterocycles. The predicted octanol–water partition coefficient (Wildman–Crippen LogP) is 2.71. The van der Waals surface area contributed by atoms with Gasteiger partial charge in [0, 0.05) is 25.2 Å². The Bertz CT molecular complexity index is 831. The van der Waals surface area contributed by atoms with Crippen molar-refractivity contribution >= 4 is 17.4 Å². The third-order valence-corrected chi connectivity index (χ3v) is 4.54. The maximum Gasteiger partial charge on any atom is 0.322 e. The van der Waals surface area contributed by atoms with Crippen LogP contribution in [0, 0.1) is 24.0 Å². The highest BCUT2D eigenvalue weighted by Crippen LogP contribution is 2.32. The van der Waals surface area contributed by atoms with Crippen LogP contribution >= 0.6 is 0 Å². The first-order chi connectivity index (χ1) is 11.9. The quantitative estimate of drug-likeness (QED) is 0.680. The summed E-state index contributed by atoms with van der Waals surface area (Å²) in [5.41, 5.74) is 1.79. The molecule has 1 N–H and O–H groups in total. The van der Waals surface area contributed by atoms with Crippen molar-refractivity contribution in [1.29, 1.82) is 0 Å². The fourth-order valence-electron chi connectivity index (χ4n) is 3.23. The van der Waals surface area contributed by atoms with Gasteiger partial charge in [0.1, 0.15) is 6.33 Å². The Morgan fingerprint density at radius 2 is 2.12 bits per heavy atom. The first kappa shape index (κ1) is 16.9. The molecule has 0 radical (unpaired) electrons. The Labute approximate surface area is 144 Å². The minimum absolute atomic E-state index is 0.00725. The summed E-state index contributed by atoms with van der Waals surface area (Å²) in [6, 6.07) is 2.69. The third kappa shape index (κ3) is 3.17. The van der Waals surface area contributed by atoms with Crippen molar-refractivity contribution in [2.75, 3.05) is 11.9 Å². The van der Waals surface area contributed by atoms with Crippen LogP contribution in [0.25, 0.3) is 0 Å². The van der Waals surface area contributed by atoms with E-state index < -0.39 is 4.92 Å². The Balaban J connectivity index is 1.84. The number of urea groups is 1. The predicted molar refractivity (Wildman–Crippen MR) is 91.3 cm³/mol. The summed E-state index contributed by atoms with van der Waals surface area (Å²) in [7, 11) is 1.84. The van der Waals surface area contributed by atoms with Gasteiger partial charge in [-0.1, -0.05) is 0 Å². The fraction of sp³-hybridized carbons (Fsp3) is 0.438. The average Bonchev–Trinajstić information content (AvgIpc) is 3.17. The Kier molecular flexibility index (Phi) is 4.39. The van der Waals surface area contributed by atoms with Crippen LogP contribution in [0.5, 0.6) is 0 Å². The van der Waals surface area contributed by atoms with Gasteiger partial charge < -0.3 is 14.8 Å². The number of rotatable bonds is 3. The molecule has 132 valence electrons. The van der Waals surface area contributed by atoms with E-state index in [9.17, 15) is 14.9 Å². The molecule has 9 heteroatoms. The first-order valence-corrected chi connectivity index (χ1v) is 8.05. The number of aryl methyl sites for hydroxylation is 3. The van der Waals surface area contributed by atoms with Crippen LogP contribution < -0.4 is 5.32 Å². The molecule has 0 bridgehead atoms. The zero-order chi connectivity index (χ0) is 18.1. The molecule has 1 aliphatic heterocycles. The molecule has 1 aromatic carbocycles. The van der Waals surface area contributed by atoms with Gasteiger partial charge in [0.05, 0.1) is 16.7 Å². The van der Waals surface area contributed by atoms with E-state index in [-0.39, 0.29) is 17.8 Å². The molecule has 0 saturated carbocycles. The van der Waals surface area contributed by atoms with E-state index in [1.54, 1.807) is 28.8 Å². The minimum Gasteiger partial charge on any atom is -0.319 e. The summed E-state index contributed by atoms with van der Waals surface area (Å²) in [6.07, 6.45) is 3.29. The van der Waals surface area contributed by atoms with Crippen LogP contribution in [0.2, 0.25) is 0 Å². The number of amides is 2. The molecule has 25 heavy (non-hydrogen) atoms. The molecular formula is C16H20N6O3. The number of nitro benzene ring substituents is 1. The molecule has 1 aromatic heterocycles. The van der Waals surface area contributed by atoms with Crippen molar-refractivity contribution in [2.45, 2.75) is 32.7 Å². The summed E-state index contributed by atoms with van der Waals surface area (Å²) in [4.78, 5) is 25.1. The van der Waals surface area contributed by atoms with Crippen molar-refractivity contribution in [3.63, 3.8) is 0 Å². The number of aromatic nitrogens is 3. The third-order valence-electron chi connectivity index (χ3n) is 4.54. The molecule has 1 saturated heterocycles. The maximum absolute atomic E-state index is 12.7. The van der Waals surface area contributed by atoms with Gasteiger partial charge in [0.25, 0.3) is 5.69 Å². The van der Waals surface area contributed by atoms with Crippen LogP contribution in [0.15, 0.2) is 18.5 Å². The second-order valence-electron chi connectivity index (χ2n) is 6.29. The summed E-state index contributed by atoms with van der Waals surface area (Å²) in [6.45, 7) is 4.11. The highest BCUT2D eigenvalue weighted by atomic mass is 16.6. The zero-order valence-corrected chi connectivity index (χ0v) is 14.4. The van der Waals surface area contributed by atoms with Gasteiger partial charge in [0.2, 0.25) is 0 Å². The van der Waals surface area contributed by atoms with E-state index in [1.807, 2.05) is 14.0 Å². The van der Waals surface area contributed by atoms with E-state index in [4.69, 9.17) is 0 Å². The molecule has 1 atom stereocenters. The highest BCUT2D eigenvalue weighted by molar-refractivity contribution is 5.91. The smallest absolute Gasteiger partial charge is 0.319 e. The van der Waals surface area contributed by atoms with E-state index in [0.29, 0.717) is 17.8 Å². The highest BCUT2D eigenvalue weighted by Gasteiger charge is 2.33. The lowest BCUT2D eigenvalue weighted by Crippen LogP contribution is -2.35. The topological polar surface area (TPSA) is 106 Å². The summed E-state index contributed by atoms with van der Waals surface area (Å²) in [5.74, 6) is 0.735. The van der Waals surface area contributed by atoms with Gasteiger partial charge in [0.15, 0.2) is 5.82 Å². The molecular weight excluding hydrogens is 324 g/mol. The van der Waals surface area contributed by atoms with E-state index in [1.165, 1.54) is 6.07 Å². The molecule has 2 amide bonds. The Morgan fingerprint density at radius 3 is 2.76 bits per heavy atom. The SMILES string of the molecule is Cc1cc(C)c([N+](=O)[O-])cc1NC(=O)N1CCC[C@@H]1c1nncn1C. The second-order valence-corrected chi connectivity index (χ2v) is 6.29. The van der Waals surface area contributed by atoms with Gasteiger partial charge >= 0.3 is 6.03 Å². The number of nitrogens with one attached hydrogen (secondary N) is 1. The van der Waals surface area contributed by atoms with Gasteiger partial charge in [-0.2, -0.15) is 0 Å². The van der Waals surface area contributed by atoms with Crippen molar-refractivity contribution in [2.24, 2.45) is 7.05 Å². The Morgan fingerprint density at radius 1 is 1.36 bits per heavy atom. The number of hydrogen-bond acceptors (Lipinski definition) is 5. The number of nitrogens with zero attached hydrogens (tertiary/aromatic N) is 5. The molecule has 1 aliphatic rings. The maximum atomic E-state index is 12.7. The zero-order valence-electron chi connectivity index (χ0n) is 14.4. The van der Waals surface area contributed by atoms with Gasteiger partial charge in [-0.3, -0.25) is 10.1 Å². The fourth-order valence-corrected chi connectivity index (χ4v) is 3.23. The molecule has 0 aliphatic carbocycles. The van der Waals surface area contributed by atoms with Crippen LogP contribution in [0.4, 0.5) is 16.2 Å². The molecule has 2 aromatic rings. The number of anilines is 1. The van der Waals surface area contributed by atoms with Crippen LogP contribution in [0.3, 0.4) is 0 Å². The standard InChI is InChI=1S/C16H20N6O3/c1-10-7-11(2)14(22(24)25)8-12(10)18-16(23)21-6-4-5-13(21)15-19-17-9-20(15)3/h7-9,13H,4-6H2,1-3H3,(H,18,23)/t13-/m1/s1. The number of benzene rings is 1. The van der Waals surface area contributed by atoms with E-state index >= 15 is 0 Å². The summed E-state index contributed by atoms with van der Waals surface area (Å²) < 4.78 is 1.80. The van der Waals surface area contributed by atoms with Crippen LogP contribution in [-0.2, 0) is 7.05 Å². The monoisotopic (exact) mass is 344 g/mol. The summed E-state index contributed by atoms with van der Waals surface area (Å²) in [5, 5.41) is 21.9. The van der Waals surface area contributed by atoms with E-state index in [2.05, 4.69) is 15.5 Å². The summed E-state index contributed by atoms with van der Waals surface area (Å²) >= 11 is 0. The van der Waals surface area contributed by atoms with Crippen molar-refractivity contribution in [1.82, 2.24) is 19.7 Å². The molecule has 0 unspecified atom stereocenters.